The molecule has 0 spiro atoms. The third-order valence-corrected chi connectivity index (χ3v) is 2.43. The largest absolute Gasteiger partial charge is 0.480 e. The van der Waals surface area contributed by atoms with Crippen molar-refractivity contribution < 1.29 is 9.90 Å². The van der Waals surface area contributed by atoms with Crippen LogP contribution < -0.4 is 5.73 Å². The van der Waals surface area contributed by atoms with Gasteiger partial charge in [-0.15, -0.1) is 0 Å². The van der Waals surface area contributed by atoms with Crippen molar-refractivity contribution >= 4 is 16.9 Å². The van der Waals surface area contributed by atoms with Gasteiger partial charge in [-0.1, -0.05) is 18.2 Å². The Labute approximate surface area is 86.7 Å². The predicted molar refractivity (Wildman–Crippen MR) is 57.6 cm³/mol. The second kappa shape index (κ2) is 3.74. The summed E-state index contributed by atoms with van der Waals surface area (Å²) < 4.78 is 0. The number of rotatable bonds is 3. The molecule has 1 heterocycles. The number of hydrogen-bond acceptors (Lipinski definition) is 2. The third kappa shape index (κ3) is 1.85. The van der Waals surface area contributed by atoms with Crippen LogP contribution in [0.4, 0.5) is 0 Å². The van der Waals surface area contributed by atoms with Crippen LogP contribution in [0.15, 0.2) is 30.5 Å². The van der Waals surface area contributed by atoms with Crippen molar-refractivity contribution in [2.45, 2.75) is 12.5 Å². The number of aromatic nitrogens is 1. The van der Waals surface area contributed by atoms with Crippen LogP contribution in [0.2, 0.25) is 0 Å². The van der Waals surface area contributed by atoms with Crippen LogP contribution in [0, 0.1) is 0 Å². The van der Waals surface area contributed by atoms with E-state index in [0.29, 0.717) is 6.42 Å². The Bertz CT molecular complexity index is 490. The molecule has 0 bridgehead atoms. The second-order valence-corrected chi connectivity index (χ2v) is 3.51. The topological polar surface area (TPSA) is 79.1 Å². The highest BCUT2D eigenvalue weighted by Crippen LogP contribution is 2.18. The molecule has 4 heteroatoms. The van der Waals surface area contributed by atoms with Crippen LogP contribution in [0.3, 0.4) is 0 Å². The van der Waals surface area contributed by atoms with E-state index in [1.165, 1.54) is 0 Å². The number of nitrogens with two attached hydrogens (primary N) is 1. The molecule has 0 aliphatic rings. The number of carboxylic acid groups (broad SMARTS) is 1. The van der Waals surface area contributed by atoms with E-state index in [1.807, 2.05) is 30.5 Å². The van der Waals surface area contributed by atoms with E-state index >= 15 is 0 Å². The average Bonchev–Trinajstić information content (AvgIpc) is 2.62. The van der Waals surface area contributed by atoms with Crippen molar-refractivity contribution in [2.24, 2.45) is 5.73 Å². The van der Waals surface area contributed by atoms with Crippen LogP contribution in [0.5, 0.6) is 0 Å². The zero-order valence-electron chi connectivity index (χ0n) is 8.10. The maximum Gasteiger partial charge on any atom is 0.320 e. The van der Waals surface area contributed by atoms with Gasteiger partial charge in [0.15, 0.2) is 0 Å². The molecule has 4 N–H and O–H groups in total. The molecule has 0 saturated heterocycles. The first kappa shape index (κ1) is 9.73. The van der Waals surface area contributed by atoms with Crippen molar-refractivity contribution in [2.75, 3.05) is 0 Å². The molecule has 2 rings (SSSR count). The minimum Gasteiger partial charge on any atom is -0.480 e. The first-order chi connectivity index (χ1) is 7.18. The lowest BCUT2D eigenvalue weighted by Gasteiger charge is -2.04. The molecular formula is C11H12N2O2. The molecule has 0 aliphatic heterocycles. The highest BCUT2D eigenvalue weighted by molar-refractivity contribution is 5.84. The normalized spacial score (nSPS) is 12.9. The fourth-order valence-electron chi connectivity index (χ4n) is 1.62. The van der Waals surface area contributed by atoms with Crippen molar-refractivity contribution in [1.29, 1.82) is 0 Å². The molecule has 1 aromatic carbocycles. The van der Waals surface area contributed by atoms with E-state index in [0.717, 1.165) is 16.5 Å². The average molecular weight is 206 g/mol. The van der Waals surface area contributed by atoms with Gasteiger partial charge in [-0.25, -0.2) is 0 Å². The quantitative estimate of drug-likeness (QED) is 0.704. The first-order valence-corrected chi connectivity index (χ1v) is 4.72. The molecular weight excluding hydrogens is 194 g/mol. The number of carboxylic acids is 1. The number of H-pyrrole nitrogens is 1. The van der Waals surface area contributed by atoms with Crippen LogP contribution in [-0.2, 0) is 11.2 Å². The molecule has 4 nitrogen and oxygen atoms in total. The Morgan fingerprint density at radius 1 is 1.53 bits per heavy atom. The van der Waals surface area contributed by atoms with E-state index < -0.39 is 12.0 Å². The minimum absolute atomic E-state index is 0.347. The standard InChI is InChI=1S/C11H12N2O2/c12-9(11(14)15)5-7-6-13-10-4-2-1-3-8(7)10/h1-4,6,9,13H,5,12H2,(H,14,15)/t9-/m0/s1/i7+2. The molecule has 0 aliphatic carbocycles. The lowest BCUT2D eigenvalue weighted by Crippen LogP contribution is -2.32. The van der Waals surface area contributed by atoms with Gasteiger partial charge in [-0.2, -0.15) is 0 Å². The molecule has 2 aromatic rings. The summed E-state index contributed by atoms with van der Waals surface area (Å²) in [7, 11) is 0. The van der Waals surface area contributed by atoms with Gasteiger partial charge >= 0.3 is 5.97 Å². The number of fused-ring (bicyclic) bond motifs is 1. The van der Waals surface area contributed by atoms with E-state index in [-0.39, 0.29) is 0 Å². The monoisotopic (exact) mass is 206 g/mol. The highest BCUT2D eigenvalue weighted by Gasteiger charge is 2.14. The third-order valence-electron chi connectivity index (χ3n) is 2.43. The minimum atomic E-state index is -0.972. The van der Waals surface area contributed by atoms with E-state index in [1.54, 1.807) is 0 Å². The summed E-state index contributed by atoms with van der Waals surface area (Å²) in [5, 5.41) is 9.75. The molecule has 1 aromatic heterocycles. The molecule has 1 atom stereocenters. The highest BCUT2D eigenvalue weighted by atomic mass is 16.4. The first-order valence-electron chi connectivity index (χ1n) is 4.72. The van der Waals surface area contributed by atoms with E-state index in [4.69, 9.17) is 10.8 Å². The summed E-state index contributed by atoms with van der Waals surface area (Å²) in [6.45, 7) is 0. The van der Waals surface area contributed by atoms with Gasteiger partial charge in [0.1, 0.15) is 6.04 Å². The van der Waals surface area contributed by atoms with Gasteiger partial charge in [0.2, 0.25) is 0 Å². The van der Waals surface area contributed by atoms with Crippen LogP contribution in [-0.4, -0.2) is 22.1 Å². The molecule has 15 heavy (non-hydrogen) atoms. The molecule has 0 saturated carbocycles. The molecule has 0 radical (unpaired) electrons. The molecule has 0 amide bonds. The number of aliphatic carboxylic acids is 1. The summed E-state index contributed by atoms with van der Waals surface area (Å²) in [6.07, 6.45) is 2.16. The Morgan fingerprint density at radius 3 is 3.00 bits per heavy atom. The van der Waals surface area contributed by atoms with Gasteiger partial charge in [0.25, 0.3) is 0 Å². The lowest BCUT2D eigenvalue weighted by atomic mass is 10.3. The second-order valence-electron chi connectivity index (χ2n) is 3.51. The maximum absolute atomic E-state index is 10.6. The van der Waals surface area contributed by atoms with Crippen LogP contribution in [0.25, 0.3) is 10.9 Å². The fraction of sp³-hybridized carbons (Fsp3) is 0.182. The summed E-state index contributed by atoms with van der Waals surface area (Å²) in [5.74, 6) is -0.972. The van der Waals surface area contributed by atoms with Crippen molar-refractivity contribution in [1.82, 2.24) is 4.98 Å². The molecule has 78 valence electrons. The number of aromatic amines is 1. The van der Waals surface area contributed by atoms with Crippen LogP contribution >= 0.6 is 0 Å². The Hall–Kier alpha value is -1.81. The Morgan fingerprint density at radius 2 is 2.27 bits per heavy atom. The van der Waals surface area contributed by atoms with Gasteiger partial charge < -0.3 is 15.8 Å². The SMILES string of the molecule is N[C@@H](C[14c]1c[nH]c2ccccc21)C(=O)O. The summed E-state index contributed by atoms with van der Waals surface area (Å²) in [4.78, 5) is 13.7. The lowest BCUT2D eigenvalue weighted by molar-refractivity contribution is -0.138. The van der Waals surface area contributed by atoms with Gasteiger partial charge in [0.05, 0.1) is 0 Å². The molecule has 0 fully saturated rings. The zero-order valence-corrected chi connectivity index (χ0v) is 8.10. The maximum atomic E-state index is 10.6. The summed E-state index contributed by atoms with van der Waals surface area (Å²) >= 11 is 0. The number of hydrogen-bond donors (Lipinski definition) is 3. The summed E-state index contributed by atoms with van der Waals surface area (Å²) in [6, 6.07) is 6.91. The zero-order chi connectivity index (χ0) is 10.8. The smallest absolute Gasteiger partial charge is 0.320 e. The van der Waals surface area contributed by atoms with E-state index in [9.17, 15) is 4.79 Å². The van der Waals surface area contributed by atoms with E-state index in [2.05, 4.69) is 4.98 Å². The predicted octanol–water partition coefficient (Wildman–Crippen LogP) is 1.12. The van der Waals surface area contributed by atoms with Crippen molar-refractivity contribution in [3.63, 3.8) is 0 Å². The fourth-order valence-corrected chi connectivity index (χ4v) is 1.62. The number of carbonyl (C=O) groups is 1. The Balaban J connectivity index is 2.32. The number of para-hydroxylation sites is 1. The van der Waals surface area contributed by atoms with Crippen molar-refractivity contribution in [3.05, 3.63) is 36.0 Å². The number of benzene rings is 1. The van der Waals surface area contributed by atoms with Crippen LogP contribution in [0.1, 0.15) is 5.56 Å². The molecule has 0 unspecified atom stereocenters. The van der Waals surface area contributed by atoms with Gasteiger partial charge in [-0.05, 0) is 11.6 Å². The van der Waals surface area contributed by atoms with Gasteiger partial charge in [0, 0.05) is 23.5 Å². The van der Waals surface area contributed by atoms with Gasteiger partial charge in [-0.3, -0.25) is 4.79 Å². The number of nitrogens with one attached hydrogen (secondary N) is 1. The van der Waals surface area contributed by atoms with Crippen molar-refractivity contribution in [3.8, 4) is 0 Å². The summed E-state index contributed by atoms with van der Waals surface area (Å²) in [5.41, 5.74) is 7.43. The Kier molecular flexibility index (Phi) is 2.43.